The van der Waals surface area contributed by atoms with Gasteiger partial charge in [0.15, 0.2) is 0 Å². The van der Waals surface area contributed by atoms with Gasteiger partial charge in [-0.2, -0.15) is 4.98 Å². The van der Waals surface area contributed by atoms with Gasteiger partial charge in [-0.05, 0) is 37.1 Å². The summed E-state index contributed by atoms with van der Waals surface area (Å²) in [6, 6.07) is 12.8. The molecular weight excluding hydrogens is 390 g/mol. The van der Waals surface area contributed by atoms with Gasteiger partial charge in [0.1, 0.15) is 11.6 Å². The van der Waals surface area contributed by atoms with Crippen LogP contribution >= 0.6 is 0 Å². The summed E-state index contributed by atoms with van der Waals surface area (Å²) < 4.78 is 32.7. The number of nitrogens with zero attached hydrogens (tertiary/aromatic N) is 3. The van der Waals surface area contributed by atoms with Crippen molar-refractivity contribution in [3.63, 3.8) is 0 Å². The molecule has 0 saturated carbocycles. The number of halogens is 2. The highest BCUT2D eigenvalue weighted by Gasteiger charge is 2.30. The average Bonchev–Trinajstić information content (AvgIpc) is 3.40. The van der Waals surface area contributed by atoms with Gasteiger partial charge in [-0.15, -0.1) is 0 Å². The van der Waals surface area contributed by atoms with Gasteiger partial charge in [-0.25, -0.2) is 8.78 Å². The fourth-order valence-corrected chi connectivity index (χ4v) is 3.90. The lowest BCUT2D eigenvalue weighted by atomic mass is 9.97. The molecule has 0 spiro atoms. The number of rotatable bonds is 3. The molecule has 0 bridgehead atoms. The van der Waals surface area contributed by atoms with Crippen molar-refractivity contribution in [2.45, 2.75) is 18.8 Å². The number of amides is 1. The van der Waals surface area contributed by atoms with Gasteiger partial charge >= 0.3 is 0 Å². The van der Waals surface area contributed by atoms with Crippen molar-refractivity contribution >= 4 is 16.8 Å². The number of hydrogen-bond donors (Lipinski definition) is 1. The Bertz CT molecular complexity index is 1200. The van der Waals surface area contributed by atoms with E-state index in [-0.39, 0.29) is 11.5 Å². The molecule has 4 aromatic rings. The molecule has 152 valence electrons. The summed E-state index contributed by atoms with van der Waals surface area (Å²) in [5, 5.41) is 5.14. The number of H-pyrrole nitrogens is 1. The van der Waals surface area contributed by atoms with Crippen molar-refractivity contribution in [3.8, 4) is 11.5 Å². The van der Waals surface area contributed by atoms with Crippen LogP contribution in [0.3, 0.4) is 0 Å². The normalized spacial score (nSPS) is 16.9. The minimum Gasteiger partial charge on any atom is -0.352 e. The first-order valence-corrected chi connectivity index (χ1v) is 9.74. The van der Waals surface area contributed by atoms with E-state index in [9.17, 15) is 13.6 Å². The first kappa shape index (κ1) is 18.5. The maximum absolute atomic E-state index is 14.0. The van der Waals surface area contributed by atoms with Crippen LogP contribution in [0.2, 0.25) is 0 Å². The summed E-state index contributed by atoms with van der Waals surface area (Å²) >= 11 is 0. The van der Waals surface area contributed by atoms with Crippen molar-refractivity contribution in [3.05, 3.63) is 71.6 Å². The predicted molar refractivity (Wildman–Crippen MR) is 106 cm³/mol. The third-order valence-electron chi connectivity index (χ3n) is 5.43. The monoisotopic (exact) mass is 408 g/mol. The molecule has 1 aliphatic heterocycles. The largest absolute Gasteiger partial charge is 0.352 e. The Kier molecular flexibility index (Phi) is 4.54. The van der Waals surface area contributed by atoms with E-state index in [1.165, 1.54) is 6.07 Å². The quantitative estimate of drug-likeness (QED) is 0.541. The van der Waals surface area contributed by atoms with Crippen LogP contribution in [0, 0.1) is 11.6 Å². The van der Waals surface area contributed by atoms with Crippen molar-refractivity contribution in [1.29, 1.82) is 0 Å². The number of aromatic amines is 1. The molecule has 2 aromatic heterocycles. The predicted octanol–water partition coefficient (Wildman–Crippen LogP) is 4.52. The van der Waals surface area contributed by atoms with E-state index in [1.807, 2.05) is 30.3 Å². The van der Waals surface area contributed by atoms with Crippen molar-refractivity contribution in [1.82, 2.24) is 20.0 Å². The van der Waals surface area contributed by atoms with Crippen LogP contribution in [-0.4, -0.2) is 39.0 Å². The van der Waals surface area contributed by atoms with Crippen LogP contribution in [0.5, 0.6) is 0 Å². The topological polar surface area (TPSA) is 75.0 Å². The molecular formula is C22H18F2N4O2. The van der Waals surface area contributed by atoms with E-state index in [4.69, 9.17) is 4.52 Å². The molecule has 1 fully saturated rings. The zero-order valence-corrected chi connectivity index (χ0v) is 15.9. The van der Waals surface area contributed by atoms with Crippen LogP contribution in [-0.2, 0) is 0 Å². The molecule has 3 heterocycles. The second-order valence-electron chi connectivity index (χ2n) is 7.44. The van der Waals surface area contributed by atoms with Gasteiger partial charge in [0.25, 0.3) is 5.91 Å². The number of para-hydroxylation sites is 1. The Hall–Kier alpha value is -3.55. The minimum absolute atomic E-state index is 0.138. The highest BCUT2D eigenvalue weighted by molar-refractivity contribution is 5.94. The van der Waals surface area contributed by atoms with E-state index in [1.54, 1.807) is 4.90 Å². The number of piperidine rings is 1. The summed E-state index contributed by atoms with van der Waals surface area (Å²) in [7, 11) is 0. The van der Waals surface area contributed by atoms with Gasteiger partial charge in [-0.1, -0.05) is 23.4 Å². The molecule has 1 atom stereocenters. The van der Waals surface area contributed by atoms with Crippen molar-refractivity contribution < 1.29 is 18.1 Å². The number of fused-ring (bicyclic) bond motifs is 1. The average molecular weight is 408 g/mol. The van der Waals surface area contributed by atoms with Crippen LogP contribution < -0.4 is 0 Å². The first-order chi connectivity index (χ1) is 14.6. The SMILES string of the molecule is O=C(c1ccc(F)cc1F)N1CCC[C@H](c2nc(-c3cc4ccccc4[nH]3)no2)C1. The molecule has 6 nitrogen and oxygen atoms in total. The summed E-state index contributed by atoms with van der Waals surface area (Å²) in [6.45, 7) is 0.832. The van der Waals surface area contributed by atoms with Crippen LogP contribution in [0.25, 0.3) is 22.4 Å². The molecule has 0 radical (unpaired) electrons. The molecule has 1 aliphatic rings. The highest BCUT2D eigenvalue weighted by atomic mass is 19.1. The minimum atomic E-state index is -0.860. The van der Waals surface area contributed by atoms with Crippen LogP contribution in [0.1, 0.15) is 35.0 Å². The number of likely N-dealkylation sites (tertiary alicyclic amines) is 1. The lowest BCUT2D eigenvalue weighted by Crippen LogP contribution is -2.39. The Labute approximate surface area is 170 Å². The van der Waals surface area contributed by atoms with Gasteiger partial charge in [0.05, 0.1) is 17.2 Å². The van der Waals surface area contributed by atoms with Gasteiger partial charge in [-0.3, -0.25) is 4.79 Å². The lowest BCUT2D eigenvalue weighted by molar-refractivity contribution is 0.0691. The standard InChI is InChI=1S/C22H18F2N4O2/c23-15-7-8-16(17(24)11-15)22(29)28-9-3-5-14(12-28)21-26-20(27-30-21)19-10-13-4-1-2-6-18(13)25-19/h1-2,4,6-8,10-11,14,25H,3,5,9,12H2/t14-/m0/s1. The molecule has 1 saturated heterocycles. The molecule has 5 rings (SSSR count). The molecule has 1 N–H and O–H groups in total. The van der Waals surface area contributed by atoms with Crippen LogP contribution in [0.4, 0.5) is 8.78 Å². The smallest absolute Gasteiger partial charge is 0.256 e. The summed E-state index contributed by atoms with van der Waals surface area (Å²) in [4.78, 5) is 22.1. The number of carbonyl (C=O) groups excluding carboxylic acids is 1. The number of hydrogen-bond acceptors (Lipinski definition) is 4. The molecule has 0 unspecified atom stereocenters. The van der Waals surface area contributed by atoms with Gasteiger partial charge in [0, 0.05) is 30.1 Å². The maximum Gasteiger partial charge on any atom is 0.256 e. The molecule has 8 heteroatoms. The maximum atomic E-state index is 14.0. The number of aromatic nitrogens is 3. The number of nitrogens with one attached hydrogen (secondary N) is 1. The zero-order valence-electron chi connectivity index (χ0n) is 15.9. The molecule has 0 aliphatic carbocycles. The van der Waals surface area contributed by atoms with Crippen LogP contribution in [0.15, 0.2) is 53.1 Å². The fourth-order valence-electron chi connectivity index (χ4n) is 3.90. The first-order valence-electron chi connectivity index (χ1n) is 9.74. The Morgan fingerprint density at radius 2 is 2.03 bits per heavy atom. The summed E-state index contributed by atoms with van der Waals surface area (Å²) in [6.07, 6.45) is 1.51. The van der Waals surface area contributed by atoms with E-state index in [0.717, 1.165) is 41.6 Å². The molecule has 1 amide bonds. The Morgan fingerprint density at radius 1 is 1.17 bits per heavy atom. The molecule has 30 heavy (non-hydrogen) atoms. The second kappa shape index (κ2) is 7.37. The highest BCUT2D eigenvalue weighted by Crippen LogP contribution is 2.29. The Balaban J connectivity index is 1.35. The fraction of sp³-hybridized carbons (Fsp3) is 0.227. The summed E-state index contributed by atoms with van der Waals surface area (Å²) in [5.41, 5.74) is 1.60. The third kappa shape index (κ3) is 3.34. The van der Waals surface area contributed by atoms with Crippen molar-refractivity contribution in [2.24, 2.45) is 0 Å². The number of carbonyl (C=O) groups is 1. The van der Waals surface area contributed by atoms with Gasteiger partial charge < -0.3 is 14.4 Å². The van der Waals surface area contributed by atoms with E-state index in [2.05, 4.69) is 15.1 Å². The zero-order chi connectivity index (χ0) is 20.7. The second-order valence-corrected chi connectivity index (χ2v) is 7.44. The summed E-state index contributed by atoms with van der Waals surface area (Å²) in [5.74, 6) is -1.28. The third-order valence-corrected chi connectivity index (χ3v) is 5.43. The van der Waals surface area contributed by atoms with Crippen molar-refractivity contribution in [2.75, 3.05) is 13.1 Å². The number of benzene rings is 2. The Morgan fingerprint density at radius 3 is 2.87 bits per heavy atom. The van der Waals surface area contributed by atoms with E-state index < -0.39 is 17.5 Å². The van der Waals surface area contributed by atoms with Gasteiger partial charge in [0.2, 0.25) is 11.7 Å². The lowest BCUT2D eigenvalue weighted by Gasteiger charge is -2.31. The van der Waals surface area contributed by atoms with E-state index in [0.29, 0.717) is 24.8 Å². The molecule has 2 aromatic carbocycles. The van der Waals surface area contributed by atoms with E-state index >= 15 is 0 Å².